The van der Waals surface area contributed by atoms with Gasteiger partial charge in [0.2, 0.25) is 0 Å². The number of anilines is 2. The molecule has 3 rings (SSSR count). The Morgan fingerprint density at radius 1 is 1.00 bits per heavy atom. The second-order valence-corrected chi connectivity index (χ2v) is 6.53. The van der Waals surface area contributed by atoms with Gasteiger partial charge in [0.15, 0.2) is 0 Å². The molecule has 2 aromatic carbocycles. The number of hydrogen-bond donors (Lipinski definition) is 2. The van der Waals surface area contributed by atoms with E-state index in [1.807, 2.05) is 36.4 Å². The summed E-state index contributed by atoms with van der Waals surface area (Å²) in [6.45, 7) is 6.58. The minimum atomic E-state index is -0.0694. The summed E-state index contributed by atoms with van der Waals surface area (Å²) in [6.07, 6.45) is 1.77. The zero-order valence-corrected chi connectivity index (χ0v) is 13.1. The van der Waals surface area contributed by atoms with E-state index in [0.29, 0.717) is 5.57 Å². The second-order valence-electron chi connectivity index (χ2n) is 6.53. The molecule has 1 aliphatic heterocycles. The number of carbonyl (C=O) groups is 1. The number of fused-ring (bicyclic) bond motifs is 1. The number of rotatable bonds is 2. The molecule has 0 fully saturated rings. The van der Waals surface area contributed by atoms with Crippen LogP contribution in [0.5, 0.6) is 0 Å². The van der Waals surface area contributed by atoms with Gasteiger partial charge in [-0.3, -0.25) is 4.79 Å². The smallest absolute Gasteiger partial charge is 0.257 e. The van der Waals surface area contributed by atoms with Crippen LogP contribution in [0.25, 0.3) is 5.57 Å². The Hall–Kier alpha value is -2.55. The van der Waals surface area contributed by atoms with E-state index >= 15 is 0 Å². The number of benzene rings is 2. The van der Waals surface area contributed by atoms with E-state index in [0.717, 1.165) is 16.9 Å². The zero-order chi connectivity index (χ0) is 15.7. The van der Waals surface area contributed by atoms with Gasteiger partial charge in [0.25, 0.3) is 5.91 Å². The summed E-state index contributed by atoms with van der Waals surface area (Å²) < 4.78 is 0. The minimum absolute atomic E-state index is 0.0694. The highest BCUT2D eigenvalue weighted by Gasteiger charge is 2.23. The molecule has 2 aromatic rings. The maximum Gasteiger partial charge on any atom is 0.257 e. The van der Waals surface area contributed by atoms with Crippen molar-refractivity contribution in [1.29, 1.82) is 0 Å². The van der Waals surface area contributed by atoms with Crippen molar-refractivity contribution in [2.24, 2.45) is 0 Å². The van der Waals surface area contributed by atoms with E-state index in [1.54, 1.807) is 6.20 Å². The molecule has 0 radical (unpaired) electrons. The maximum absolute atomic E-state index is 12.0. The highest BCUT2D eigenvalue weighted by atomic mass is 16.2. The van der Waals surface area contributed by atoms with Crippen LogP contribution >= 0.6 is 0 Å². The third-order valence-electron chi connectivity index (χ3n) is 3.84. The van der Waals surface area contributed by atoms with Crippen LogP contribution in [0.3, 0.4) is 0 Å². The number of para-hydroxylation sites is 1. The summed E-state index contributed by atoms with van der Waals surface area (Å²) >= 11 is 0. The molecule has 2 N–H and O–H groups in total. The van der Waals surface area contributed by atoms with Crippen molar-refractivity contribution in [1.82, 2.24) is 0 Å². The van der Waals surface area contributed by atoms with Crippen LogP contribution in [0.1, 0.15) is 31.9 Å². The SMILES string of the molecule is CC(C)(C)c1ccc(N/C=C2/C(=O)Nc3ccccc32)cc1. The first-order chi connectivity index (χ1) is 10.4. The largest absolute Gasteiger partial charge is 0.361 e. The van der Waals surface area contributed by atoms with Crippen molar-refractivity contribution < 1.29 is 4.79 Å². The Morgan fingerprint density at radius 2 is 1.68 bits per heavy atom. The van der Waals surface area contributed by atoms with Crippen LogP contribution < -0.4 is 10.6 Å². The van der Waals surface area contributed by atoms with Crippen molar-refractivity contribution in [3.8, 4) is 0 Å². The molecule has 0 saturated heterocycles. The lowest BCUT2D eigenvalue weighted by molar-refractivity contribution is -0.110. The zero-order valence-electron chi connectivity index (χ0n) is 13.1. The molecule has 0 bridgehead atoms. The summed E-state index contributed by atoms with van der Waals surface area (Å²) in [6, 6.07) is 16.0. The first kappa shape index (κ1) is 14.4. The van der Waals surface area contributed by atoms with Gasteiger partial charge in [-0.2, -0.15) is 0 Å². The lowest BCUT2D eigenvalue weighted by Crippen LogP contribution is -2.10. The molecule has 1 amide bonds. The number of amides is 1. The lowest BCUT2D eigenvalue weighted by Gasteiger charge is -2.19. The quantitative estimate of drug-likeness (QED) is 0.806. The van der Waals surface area contributed by atoms with E-state index in [-0.39, 0.29) is 11.3 Å². The topological polar surface area (TPSA) is 41.1 Å². The lowest BCUT2D eigenvalue weighted by atomic mass is 9.87. The molecule has 0 atom stereocenters. The highest BCUT2D eigenvalue weighted by Crippen LogP contribution is 2.31. The van der Waals surface area contributed by atoms with Gasteiger partial charge in [0, 0.05) is 23.1 Å². The first-order valence-corrected chi connectivity index (χ1v) is 7.43. The molecule has 0 spiro atoms. The minimum Gasteiger partial charge on any atom is -0.361 e. The van der Waals surface area contributed by atoms with Gasteiger partial charge in [0.1, 0.15) is 0 Å². The van der Waals surface area contributed by atoms with E-state index in [4.69, 9.17) is 0 Å². The maximum atomic E-state index is 12.0. The number of nitrogens with one attached hydrogen (secondary N) is 2. The molecular formula is C19H20N2O. The molecule has 1 heterocycles. The van der Waals surface area contributed by atoms with Gasteiger partial charge in [0.05, 0.1) is 5.57 Å². The standard InChI is InChI=1S/C19H20N2O/c1-19(2,3)13-8-10-14(11-9-13)20-12-16-15-6-4-5-7-17(15)21-18(16)22/h4-12,20H,1-3H3,(H,21,22)/b16-12+. The van der Waals surface area contributed by atoms with Gasteiger partial charge in [-0.25, -0.2) is 0 Å². The molecule has 112 valence electrons. The predicted octanol–water partition coefficient (Wildman–Crippen LogP) is 4.39. The van der Waals surface area contributed by atoms with Crippen molar-refractivity contribution >= 4 is 22.9 Å². The van der Waals surface area contributed by atoms with Gasteiger partial charge in [-0.05, 0) is 29.2 Å². The van der Waals surface area contributed by atoms with Crippen LogP contribution in [0.15, 0.2) is 54.7 Å². The van der Waals surface area contributed by atoms with E-state index in [9.17, 15) is 4.79 Å². The fraction of sp³-hybridized carbons (Fsp3) is 0.211. The summed E-state index contributed by atoms with van der Waals surface area (Å²) in [5.74, 6) is -0.0694. The van der Waals surface area contributed by atoms with Crippen LogP contribution in [-0.2, 0) is 10.2 Å². The van der Waals surface area contributed by atoms with Crippen molar-refractivity contribution in [2.45, 2.75) is 26.2 Å². The van der Waals surface area contributed by atoms with Crippen LogP contribution in [-0.4, -0.2) is 5.91 Å². The third-order valence-corrected chi connectivity index (χ3v) is 3.84. The van der Waals surface area contributed by atoms with E-state index in [1.165, 1.54) is 5.56 Å². The molecule has 0 unspecified atom stereocenters. The average Bonchev–Trinajstić information content (AvgIpc) is 2.80. The number of hydrogen-bond acceptors (Lipinski definition) is 2. The van der Waals surface area contributed by atoms with Gasteiger partial charge in [-0.15, -0.1) is 0 Å². The van der Waals surface area contributed by atoms with Crippen LogP contribution in [0.2, 0.25) is 0 Å². The first-order valence-electron chi connectivity index (χ1n) is 7.43. The van der Waals surface area contributed by atoms with Crippen molar-refractivity contribution in [2.75, 3.05) is 10.6 Å². The van der Waals surface area contributed by atoms with Crippen molar-refractivity contribution in [3.05, 3.63) is 65.9 Å². The predicted molar refractivity (Wildman–Crippen MR) is 91.8 cm³/mol. The van der Waals surface area contributed by atoms with Crippen LogP contribution in [0, 0.1) is 0 Å². The molecule has 0 aliphatic carbocycles. The monoisotopic (exact) mass is 292 g/mol. The normalized spacial score (nSPS) is 15.6. The molecule has 3 nitrogen and oxygen atoms in total. The van der Waals surface area contributed by atoms with Gasteiger partial charge in [-0.1, -0.05) is 51.1 Å². The van der Waals surface area contributed by atoms with E-state index in [2.05, 4.69) is 43.5 Å². The summed E-state index contributed by atoms with van der Waals surface area (Å²) in [7, 11) is 0. The van der Waals surface area contributed by atoms with Gasteiger partial charge >= 0.3 is 0 Å². The van der Waals surface area contributed by atoms with Crippen LogP contribution in [0.4, 0.5) is 11.4 Å². The fourth-order valence-corrected chi connectivity index (χ4v) is 2.50. The second kappa shape index (κ2) is 5.34. The van der Waals surface area contributed by atoms with Gasteiger partial charge < -0.3 is 10.6 Å². The fourth-order valence-electron chi connectivity index (χ4n) is 2.50. The Morgan fingerprint density at radius 3 is 2.36 bits per heavy atom. The average molecular weight is 292 g/mol. The number of carbonyl (C=O) groups excluding carboxylic acids is 1. The Labute approximate surface area is 131 Å². The van der Waals surface area contributed by atoms with Crippen molar-refractivity contribution in [3.63, 3.8) is 0 Å². The third kappa shape index (κ3) is 2.75. The Bertz CT molecular complexity index is 737. The highest BCUT2D eigenvalue weighted by molar-refractivity contribution is 6.31. The molecule has 0 saturated carbocycles. The molecule has 22 heavy (non-hydrogen) atoms. The summed E-state index contributed by atoms with van der Waals surface area (Å²) in [5, 5.41) is 6.08. The molecule has 0 aromatic heterocycles. The Balaban J connectivity index is 1.81. The summed E-state index contributed by atoms with van der Waals surface area (Å²) in [5.41, 5.74) is 4.86. The molecular weight excluding hydrogens is 272 g/mol. The molecule has 3 heteroatoms. The Kier molecular flexibility index (Phi) is 3.49. The van der Waals surface area contributed by atoms with E-state index < -0.39 is 0 Å². The molecule has 1 aliphatic rings. The summed E-state index contributed by atoms with van der Waals surface area (Å²) in [4.78, 5) is 12.0.